The summed E-state index contributed by atoms with van der Waals surface area (Å²) >= 11 is 6.40. The van der Waals surface area contributed by atoms with Gasteiger partial charge in [0.25, 0.3) is 6.47 Å². The van der Waals surface area contributed by atoms with Crippen molar-refractivity contribution >= 4 is 24.0 Å². The van der Waals surface area contributed by atoms with Crippen LogP contribution in [0.2, 0.25) is 5.02 Å². The molecule has 8 nitrogen and oxygen atoms in total. The van der Waals surface area contributed by atoms with E-state index < -0.39 is 0 Å². The molecule has 2 fully saturated rings. The minimum atomic E-state index is -0.250. The summed E-state index contributed by atoms with van der Waals surface area (Å²) in [5, 5.41) is 7.45. The normalized spacial score (nSPS) is 26.7. The summed E-state index contributed by atoms with van der Waals surface area (Å²) < 4.78 is 16.9. The second-order valence-corrected chi connectivity index (χ2v) is 8.87. The lowest BCUT2D eigenvalue weighted by atomic mass is 9.77. The van der Waals surface area contributed by atoms with Crippen LogP contribution in [0.1, 0.15) is 18.4 Å². The number of hydrogen-bond acceptors (Lipinski definition) is 6. The third-order valence-electron chi connectivity index (χ3n) is 6.46. The van der Waals surface area contributed by atoms with Gasteiger partial charge < -0.3 is 29.1 Å². The maximum absolute atomic E-state index is 13.0. The van der Waals surface area contributed by atoms with Crippen molar-refractivity contribution in [2.24, 2.45) is 11.8 Å². The van der Waals surface area contributed by atoms with Gasteiger partial charge in [-0.2, -0.15) is 0 Å². The van der Waals surface area contributed by atoms with Gasteiger partial charge in [-0.3, -0.25) is 9.59 Å². The molecule has 9 heteroatoms. The number of ether oxygens (including phenoxy) is 3. The Bertz CT molecular complexity index is 790. The highest BCUT2D eigenvalue weighted by Crippen LogP contribution is 2.40. The van der Waals surface area contributed by atoms with Crippen molar-refractivity contribution in [1.29, 1.82) is 0 Å². The number of fused-ring (bicyclic) bond motifs is 2. The molecule has 2 heterocycles. The zero-order valence-corrected chi connectivity index (χ0v) is 19.0. The van der Waals surface area contributed by atoms with Gasteiger partial charge in [0.15, 0.2) is 11.5 Å². The molecule has 4 rings (SSSR count). The molecule has 1 amide bonds. The van der Waals surface area contributed by atoms with Crippen LogP contribution in [-0.4, -0.2) is 86.9 Å². The number of benzene rings is 1. The van der Waals surface area contributed by atoms with Crippen LogP contribution in [0.25, 0.3) is 0 Å². The number of methoxy groups -OCH3 is 1. The molecule has 31 heavy (non-hydrogen) atoms. The fraction of sp³-hybridized carbons (Fsp3) is 0.636. The smallest absolute Gasteiger partial charge is 0.290 e. The van der Waals surface area contributed by atoms with E-state index in [0.29, 0.717) is 54.0 Å². The maximum atomic E-state index is 13.0. The van der Waals surface area contributed by atoms with Crippen LogP contribution in [-0.2, 0) is 20.7 Å². The molecular weight excluding hydrogens is 424 g/mol. The number of halogens is 1. The summed E-state index contributed by atoms with van der Waals surface area (Å²) in [6, 6.07) is 4.02. The van der Waals surface area contributed by atoms with Crippen molar-refractivity contribution in [3.8, 4) is 11.5 Å². The molecule has 0 unspecified atom stereocenters. The average molecular weight is 455 g/mol. The predicted molar refractivity (Wildman–Crippen MR) is 116 cm³/mol. The van der Waals surface area contributed by atoms with Crippen LogP contribution in [0, 0.1) is 11.8 Å². The van der Waals surface area contributed by atoms with Gasteiger partial charge in [-0.05, 0) is 50.4 Å². The highest BCUT2D eigenvalue weighted by Gasteiger charge is 2.44. The standard InChI is InChI=1S/C21H29ClN2O4.CH2O2/c1-23(2)17-6-14-11-24(12-15(14)8-18(17)26-3)21(25)9-13-7-19-20(10-16(13)22)28-5-4-27-19;2-1-3/h7,10,14-15,17-18H,4-6,8-9,11-12H2,1-3H3;1H,(H,2,3)/t14-,15+,17-,18-;/m1./s1. The monoisotopic (exact) mass is 454 g/mol. The van der Waals surface area contributed by atoms with Crippen LogP contribution in [0.5, 0.6) is 11.5 Å². The summed E-state index contributed by atoms with van der Waals surface area (Å²) in [5.74, 6) is 2.51. The van der Waals surface area contributed by atoms with Gasteiger partial charge in [-0.15, -0.1) is 0 Å². The van der Waals surface area contributed by atoms with E-state index in [-0.39, 0.29) is 18.5 Å². The average Bonchev–Trinajstić information content (AvgIpc) is 3.17. The number of hydrogen-bond donors (Lipinski definition) is 1. The first-order valence-corrected chi connectivity index (χ1v) is 10.9. The quantitative estimate of drug-likeness (QED) is 0.697. The first-order chi connectivity index (χ1) is 14.9. The van der Waals surface area contributed by atoms with E-state index in [1.54, 1.807) is 13.2 Å². The van der Waals surface area contributed by atoms with Gasteiger partial charge in [0, 0.05) is 37.3 Å². The molecule has 172 valence electrons. The number of amides is 1. The van der Waals surface area contributed by atoms with Gasteiger partial charge >= 0.3 is 0 Å². The fourth-order valence-electron chi connectivity index (χ4n) is 4.91. The molecule has 0 bridgehead atoms. The summed E-state index contributed by atoms with van der Waals surface area (Å²) in [6.07, 6.45) is 2.61. The SMILES string of the molecule is CO[C@@H]1C[C@H]2CN(C(=O)Cc3cc4c(cc3Cl)OCCO4)C[C@H]2C[C@H]1N(C)C.O=CO. The van der Waals surface area contributed by atoms with Crippen LogP contribution >= 0.6 is 11.6 Å². The molecule has 0 radical (unpaired) electrons. The van der Waals surface area contributed by atoms with E-state index in [2.05, 4.69) is 19.0 Å². The lowest BCUT2D eigenvalue weighted by Crippen LogP contribution is -2.47. The van der Waals surface area contributed by atoms with Gasteiger partial charge in [0.05, 0.1) is 12.5 Å². The van der Waals surface area contributed by atoms with Gasteiger partial charge in [-0.1, -0.05) is 11.6 Å². The van der Waals surface area contributed by atoms with Crippen molar-refractivity contribution in [2.75, 3.05) is 47.5 Å². The largest absolute Gasteiger partial charge is 0.486 e. The first-order valence-electron chi connectivity index (χ1n) is 10.5. The van der Waals surface area contributed by atoms with Crippen molar-refractivity contribution < 1.29 is 28.9 Å². The Morgan fingerprint density at radius 2 is 1.81 bits per heavy atom. The molecule has 0 spiro atoms. The van der Waals surface area contributed by atoms with Crippen LogP contribution in [0.4, 0.5) is 0 Å². The second-order valence-electron chi connectivity index (χ2n) is 8.46. The second kappa shape index (κ2) is 10.5. The van der Waals surface area contributed by atoms with Crippen LogP contribution in [0.15, 0.2) is 12.1 Å². The van der Waals surface area contributed by atoms with Crippen molar-refractivity contribution in [2.45, 2.75) is 31.4 Å². The zero-order valence-electron chi connectivity index (χ0n) is 18.3. The number of carbonyl (C=O) groups is 2. The number of carbonyl (C=O) groups excluding carboxylic acids is 1. The van der Waals surface area contributed by atoms with Crippen LogP contribution < -0.4 is 9.47 Å². The number of likely N-dealkylation sites (tertiary alicyclic amines) is 1. The molecule has 1 saturated heterocycles. The molecular formula is C22H31ClN2O6. The Hall–Kier alpha value is -2.03. The molecule has 3 aliphatic rings. The van der Waals surface area contributed by atoms with E-state index in [1.165, 1.54) is 0 Å². The Kier molecular flexibility index (Phi) is 8.02. The summed E-state index contributed by atoms with van der Waals surface area (Å²) in [4.78, 5) is 25.6. The third-order valence-corrected chi connectivity index (χ3v) is 6.81. The van der Waals surface area contributed by atoms with Crippen molar-refractivity contribution in [3.63, 3.8) is 0 Å². The number of carboxylic acid groups (broad SMARTS) is 1. The summed E-state index contributed by atoms with van der Waals surface area (Å²) in [7, 11) is 6.01. The number of nitrogens with zero attached hydrogens (tertiary/aromatic N) is 2. The Morgan fingerprint density at radius 1 is 1.23 bits per heavy atom. The predicted octanol–water partition coefficient (Wildman–Crippen LogP) is 2.17. The molecule has 0 aromatic heterocycles. The minimum absolute atomic E-state index is 0.128. The summed E-state index contributed by atoms with van der Waals surface area (Å²) in [6.45, 7) is 2.43. The van der Waals surface area contributed by atoms with Crippen LogP contribution in [0.3, 0.4) is 0 Å². The van der Waals surface area contributed by atoms with E-state index in [0.717, 1.165) is 31.5 Å². The van der Waals surface area contributed by atoms with Gasteiger partial charge in [-0.25, -0.2) is 0 Å². The number of rotatable bonds is 4. The maximum Gasteiger partial charge on any atom is 0.290 e. The highest BCUT2D eigenvalue weighted by atomic mass is 35.5. The number of likely N-dealkylation sites (N-methyl/N-ethyl adjacent to an activating group) is 1. The first kappa shape index (κ1) is 23.6. The molecule has 2 aliphatic heterocycles. The Balaban J connectivity index is 0.000000858. The molecule has 1 N–H and O–H groups in total. The Labute approximate surface area is 188 Å². The van der Waals surface area contributed by atoms with Gasteiger partial charge in [0.1, 0.15) is 13.2 Å². The van der Waals surface area contributed by atoms with Gasteiger partial charge in [0.2, 0.25) is 5.91 Å². The van der Waals surface area contributed by atoms with Crippen molar-refractivity contribution in [1.82, 2.24) is 9.80 Å². The highest BCUT2D eigenvalue weighted by molar-refractivity contribution is 6.31. The van der Waals surface area contributed by atoms with E-state index in [4.69, 9.17) is 35.7 Å². The molecule has 4 atom stereocenters. The van der Waals surface area contributed by atoms with E-state index >= 15 is 0 Å². The molecule has 1 saturated carbocycles. The topological polar surface area (TPSA) is 88.5 Å². The molecule has 1 aromatic rings. The minimum Gasteiger partial charge on any atom is -0.486 e. The fourth-order valence-corrected chi connectivity index (χ4v) is 5.13. The summed E-state index contributed by atoms with van der Waals surface area (Å²) in [5.41, 5.74) is 0.798. The lowest BCUT2D eigenvalue weighted by molar-refractivity contribution is -0.129. The Morgan fingerprint density at radius 3 is 2.39 bits per heavy atom. The molecule has 1 aromatic carbocycles. The van der Waals surface area contributed by atoms with Crippen molar-refractivity contribution in [3.05, 3.63) is 22.7 Å². The molecule has 1 aliphatic carbocycles. The third kappa shape index (κ3) is 5.42. The lowest BCUT2D eigenvalue weighted by Gasteiger charge is -2.40. The van der Waals surface area contributed by atoms with E-state index in [9.17, 15) is 4.79 Å². The van der Waals surface area contributed by atoms with E-state index in [1.807, 2.05) is 11.0 Å². The zero-order chi connectivity index (χ0) is 22.5.